The first kappa shape index (κ1) is 14.4. The number of ketones is 1. The summed E-state index contributed by atoms with van der Waals surface area (Å²) >= 11 is 0. The van der Waals surface area contributed by atoms with Crippen LogP contribution in [0.25, 0.3) is 0 Å². The fraction of sp³-hybridized carbons (Fsp3) is 0.786. The van der Waals surface area contributed by atoms with E-state index in [4.69, 9.17) is 0 Å². The second-order valence-corrected chi connectivity index (χ2v) is 5.83. The highest BCUT2D eigenvalue weighted by atomic mass is 16.1. The van der Waals surface area contributed by atoms with E-state index in [1.54, 1.807) is 0 Å². The molecule has 0 radical (unpaired) electrons. The summed E-state index contributed by atoms with van der Waals surface area (Å²) in [5.41, 5.74) is 0.217. The van der Waals surface area contributed by atoms with E-state index < -0.39 is 0 Å². The molecule has 1 unspecified atom stereocenters. The summed E-state index contributed by atoms with van der Waals surface area (Å²) in [5.74, 6) is 0.129. The number of carbonyl (C=O) groups is 1. The summed E-state index contributed by atoms with van der Waals surface area (Å²) < 4.78 is 0. The van der Waals surface area contributed by atoms with E-state index in [0.717, 1.165) is 26.1 Å². The van der Waals surface area contributed by atoms with Crippen molar-refractivity contribution >= 4 is 5.78 Å². The van der Waals surface area contributed by atoms with Crippen molar-refractivity contribution in [1.82, 2.24) is 9.80 Å². The second-order valence-electron chi connectivity index (χ2n) is 5.83. The SMILES string of the molecule is C=CC(=O)CN1CCN(C(C)(C)C)C(CC)C1. The Balaban J connectivity index is 2.60. The molecule has 0 aromatic heterocycles. The summed E-state index contributed by atoms with van der Waals surface area (Å²) in [4.78, 5) is 16.2. The van der Waals surface area contributed by atoms with Crippen LogP contribution in [0.5, 0.6) is 0 Å². The molecule has 1 rings (SSSR count). The zero-order chi connectivity index (χ0) is 13.1. The molecule has 1 heterocycles. The predicted molar refractivity (Wildman–Crippen MR) is 72.2 cm³/mol. The monoisotopic (exact) mass is 238 g/mol. The Labute approximate surface area is 105 Å². The maximum absolute atomic E-state index is 11.4. The molecule has 0 aliphatic carbocycles. The van der Waals surface area contributed by atoms with Gasteiger partial charge in [-0.15, -0.1) is 0 Å². The van der Waals surface area contributed by atoms with Gasteiger partial charge in [0.15, 0.2) is 5.78 Å². The molecule has 0 saturated carbocycles. The fourth-order valence-corrected chi connectivity index (χ4v) is 2.58. The van der Waals surface area contributed by atoms with Crippen LogP contribution in [-0.2, 0) is 4.79 Å². The highest BCUT2D eigenvalue weighted by Gasteiger charge is 2.32. The average molecular weight is 238 g/mol. The molecule has 0 spiro atoms. The molecule has 0 N–H and O–H groups in total. The highest BCUT2D eigenvalue weighted by Crippen LogP contribution is 2.22. The molecule has 0 amide bonds. The van der Waals surface area contributed by atoms with Crippen LogP contribution >= 0.6 is 0 Å². The molecular formula is C14H26N2O. The van der Waals surface area contributed by atoms with Crippen LogP contribution in [0.15, 0.2) is 12.7 Å². The first-order valence-electron chi connectivity index (χ1n) is 6.52. The van der Waals surface area contributed by atoms with Crippen molar-refractivity contribution in [3.8, 4) is 0 Å². The third-order valence-electron chi connectivity index (χ3n) is 3.51. The van der Waals surface area contributed by atoms with Crippen molar-refractivity contribution in [2.75, 3.05) is 26.2 Å². The largest absolute Gasteiger partial charge is 0.293 e. The summed E-state index contributed by atoms with van der Waals surface area (Å²) in [7, 11) is 0. The van der Waals surface area contributed by atoms with Crippen molar-refractivity contribution in [2.45, 2.75) is 45.7 Å². The number of hydrogen-bond donors (Lipinski definition) is 0. The van der Waals surface area contributed by atoms with Crippen LogP contribution in [0.1, 0.15) is 34.1 Å². The van der Waals surface area contributed by atoms with Crippen LogP contribution < -0.4 is 0 Å². The maximum Gasteiger partial charge on any atom is 0.169 e. The summed E-state index contributed by atoms with van der Waals surface area (Å²) in [6, 6.07) is 0.557. The average Bonchev–Trinajstić information content (AvgIpc) is 2.27. The van der Waals surface area contributed by atoms with Gasteiger partial charge in [0.05, 0.1) is 6.54 Å². The molecule has 1 aliphatic heterocycles. The van der Waals surface area contributed by atoms with E-state index >= 15 is 0 Å². The zero-order valence-corrected chi connectivity index (χ0v) is 11.7. The van der Waals surface area contributed by atoms with Gasteiger partial charge in [0, 0.05) is 31.2 Å². The van der Waals surface area contributed by atoms with Crippen molar-refractivity contribution in [1.29, 1.82) is 0 Å². The molecular weight excluding hydrogens is 212 g/mol. The van der Waals surface area contributed by atoms with Gasteiger partial charge < -0.3 is 0 Å². The summed E-state index contributed by atoms with van der Waals surface area (Å²) in [6.45, 7) is 16.1. The first-order valence-corrected chi connectivity index (χ1v) is 6.52. The van der Waals surface area contributed by atoms with Gasteiger partial charge in [-0.25, -0.2) is 0 Å². The van der Waals surface area contributed by atoms with Crippen LogP contribution in [-0.4, -0.2) is 53.3 Å². The zero-order valence-electron chi connectivity index (χ0n) is 11.7. The Morgan fingerprint density at radius 2 is 2.06 bits per heavy atom. The third-order valence-corrected chi connectivity index (χ3v) is 3.51. The van der Waals surface area contributed by atoms with Gasteiger partial charge in [0.25, 0.3) is 0 Å². The Kier molecular flexibility index (Phi) is 4.90. The van der Waals surface area contributed by atoms with Crippen molar-refractivity contribution in [3.05, 3.63) is 12.7 Å². The fourth-order valence-electron chi connectivity index (χ4n) is 2.58. The van der Waals surface area contributed by atoms with Gasteiger partial charge in [-0.3, -0.25) is 14.6 Å². The van der Waals surface area contributed by atoms with Crippen LogP contribution in [0.4, 0.5) is 0 Å². The lowest BCUT2D eigenvalue weighted by Gasteiger charge is -2.47. The van der Waals surface area contributed by atoms with Crippen molar-refractivity contribution < 1.29 is 4.79 Å². The Bertz CT molecular complexity index is 280. The van der Waals surface area contributed by atoms with Gasteiger partial charge in [-0.1, -0.05) is 13.5 Å². The Morgan fingerprint density at radius 3 is 2.53 bits per heavy atom. The lowest BCUT2D eigenvalue weighted by Crippen LogP contribution is -2.59. The van der Waals surface area contributed by atoms with E-state index in [2.05, 4.69) is 44.1 Å². The maximum atomic E-state index is 11.4. The van der Waals surface area contributed by atoms with E-state index in [1.807, 2.05) is 0 Å². The molecule has 1 aliphatic rings. The summed E-state index contributed by atoms with van der Waals surface area (Å²) in [6.07, 6.45) is 2.56. The smallest absolute Gasteiger partial charge is 0.169 e. The lowest BCUT2D eigenvalue weighted by atomic mass is 9.98. The first-order chi connectivity index (χ1) is 7.88. The molecule has 3 heteroatoms. The molecule has 17 heavy (non-hydrogen) atoms. The molecule has 3 nitrogen and oxygen atoms in total. The topological polar surface area (TPSA) is 23.6 Å². The van der Waals surface area contributed by atoms with Crippen molar-refractivity contribution in [2.24, 2.45) is 0 Å². The third kappa shape index (κ3) is 3.93. The molecule has 1 atom stereocenters. The Morgan fingerprint density at radius 1 is 1.41 bits per heavy atom. The quantitative estimate of drug-likeness (QED) is 0.699. The molecule has 1 saturated heterocycles. The Hall–Kier alpha value is -0.670. The number of piperazine rings is 1. The minimum Gasteiger partial charge on any atom is -0.293 e. The minimum absolute atomic E-state index is 0.129. The highest BCUT2D eigenvalue weighted by molar-refractivity contribution is 5.90. The minimum atomic E-state index is 0.129. The van der Waals surface area contributed by atoms with Crippen LogP contribution in [0.3, 0.4) is 0 Å². The molecule has 0 aromatic rings. The normalized spacial score (nSPS) is 23.6. The second kappa shape index (κ2) is 5.78. The van der Waals surface area contributed by atoms with Crippen molar-refractivity contribution in [3.63, 3.8) is 0 Å². The number of nitrogens with zero attached hydrogens (tertiary/aromatic N) is 2. The van der Waals surface area contributed by atoms with Crippen LogP contribution in [0.2, 0.25) is 0 Å². The molecule has 1 fully saturated rings. The van der Waals surface area contributed by atoms with Gasteiger partial charge in [0.1, 0.15) is 0 Å². The van der Waals surface area contributed by atoms with E-state index in [9.17, 15) is 4.79 Å². The molecule has 0 aromatic carbocycles. The standard InChI is InChI=1S/C14H26N2O/c1-6-12-10-15(11-13(17)7-2)8-9-16(12)14(3,4)5/h7,12H,2,6,8-11H2,1,3-5H3. The number of carbonyl (C=O) groups excluding carboxylic acids is 1. The molecule has 98 valence electrons. The van der Waals surface area contributed by atoms with E-state index in [0.29, 0.717) is 12.6 Å². The van der Waals surface area contributed by atoms with Gasteiger partial charge in [0.2, 0.25) is 0 Å². The van der Waals surface area contributed by atoms with Gasteiger partial charge in [-0.2, -0.15) is 0 Å². The van der Waals surface area contributed by atoms with Crippen LogP contribution in [0, 0.1) is 0 Å². The number of rotatable bonds is 4. The number of hydrogen-bond acceptors (Lipinski definition) is 3. The van der Waals surface area contributed by atoms with Gasteiger partial charge >= 0.3 is 0 Å². The van der Waals surface area contributed by atoms with Gasteiger partial charge in [-0.05, 0) is 33.3 Å². The lowest BCUT2D eigenvalue weighted by molar-refractivity contribution is -0.116. The predicted octanol–water partition coefficient (Wildman–Crippen LogP) is 1.94. The molecule has 0 bridgehead atoms. The summed E-state index contributed by atoms with van der Waals surface area (Å²) in [5, 5.41) is 0. The van der Waals surface area contributed by atoms with E-state index in [-0.39, 0.29) is 11.3 Å². The van der Waals surface area contributed by atoms with E-state index in [1.165, 1.54) is 6.08 Å².